The molecule has 9 heteroatoms. The molecule has 1 saturated heterocycles. The topological polar surface area (TPSA) is 71.4 Å². The summed E-state index contributed by atoms with van der Waals surface area (Å²) in [7, 11) is 0. The second kappa shape index (κ2) is 9.59. The van der Waals surface area contributed by atoms with Crippen molar-refractivity contribution in [3.8, 4) is 5.69 Å². The van der Waals surface area contributed by atoms with Crippen molar-refractivity contribution in [3.63, 3.8) is 0 Å². The summed E-state index contributed by atoms with van der Waals surface area (Å²) < 4.78 is 3.07. The summed E-state index contributed by atoms with van der Waals surface area (Å²) in [4.78, 5) is 39.0. The SMILES string of the molecule is Cc1cc(/C=C2\SC(=O)N(CC(=O)Nc3ccccc3Cl)C2=O)c(C)n1-c1ccc(Br)cc1. The Hall–Kier alpha value is -2.81. The first-order valence-corrected chi connectivity index (χ1v) is 12.0. The number of halogens is 2. The van der Waals surface area contributed by atoms with Gasteiger partial charge in [-0.05, 0) is 79.7 Å². The zero-order valence-corrected chi connectivity index (χ0v) is 20.9. The molecule has 0 unspecified atom stereocenters. The van der Waals surface area contributed by atoms with Crippen molar-refractivity contribution in [1.82, 2.24) is 9.47 Å². The van der Waals surface area contributed by atoms with Crippen LogP contribution in [0.15, 0.2) is 64.0 Å². The minimum absolute atomic E-state index is 0.279. The molecule has 2 heterocycles. The molecule has 0 aliphatic carbocycles. The standard InChI is InChI=1S/C24H19BrClN3O3S/c1-14-11-16(15(2)29(14)18-9-7-17(25)8-10-18)12-21-23(31)28(24(32)33-21)13-22(30)27-20-6-4-3-5-19(20)26/h3-12H,13H2,1-2H3,(H,27,30)/b21-12-. The van der Waals surface area contributed by atoms with Gasteiger partial charge in [0, 0.05) is 21.5 Å². The molecule has 33 heavy (non-hydrogen) atoms. The predicted octanol–water partition coefficient (Wildman–Crippen LogP) is 6.19. The largest absolute Gasteiger partial charge is 0.323 e. The van der Waals surface area contributed by atoms with E-state index in [1.807, 2.05) is 44.2 Å². The molecule has 0 bridgehead atoms. The quantitative estimate of drug-likeness (QED) is 0.389. The van der Waals surface area contributed by atoms with Crippen LogP contribution in [0, 0.1) is 13.8 Å². The number of nitrogens with one attached hydrogen (secondary N) is 1. The van der Waals surface area contributed by atoms with Crippen molar-refractivity contribution in [2.45, 2.75) is 13.8 Å². The van der Waals surface area contributed by atoms with Crippen molar-refractivity contribution in [3.05, 3.63) is 85.9 Å². The Morgan fingerprint density at radius 2 is 1.82 bits per heavy atom. The maximum absolute atomic E-state index is 12.9. The van der Waals surface area contributed by atoms with Gasteiger partial charge < -0.3 is 9.88 Å². The van der Waals surface area contributed by atoms with Gasteiger partial charge in [-0.1, -0.05) is 39.7 Å². The summed E-state index contributed by atoms with van der Waals surface area (Å²) in [5.41, 5.74) is 4.20. The van der Waals surface area contributed by atoms with Crippen LogP contribution in [-0.2, 0) is 9.59 Å². The van der Waals surface area contributed by atoms with E-state index in [1.54, 1.807) is 30.3 Å². The van der Waals surface area contributed by atoms with Gasteiger partial charge in [0.1, 0.15) is 6.54 Å². The van der Waals surface area contributed by atoms with Crippen LogP contribution in [0.3, 0.4) is 0 Å². The van der Waals surface area contributed by atoms with Crippen LogP contribution in [0.1, 0.15) is 17.0 Å². The molecule has 1 fully saturated rings. The van der Waals surface area contributed by atoms with E-state index in [2.05, 4.69) is 25.8 Å². The third-order valence-corrected chi connectivity index (χ3v) is 6.93. The molecule has 1 aliphatic rings. The molecule has 1 aliphatic heterocycles. The highest BCUT2D eigenvalue weighted by atomic mass is 79.9. The van der Waals surface area contributed by atoms with Crippen molar-refractivity contribution < 1.29 is 14.4 Å². The molecule has 6 nitrogen and oxygen atoms in total. The van der Waals surface area contributed by atoms with E-state index < -0.39 is 17.1 Å². The Morgan fingerprint density at radius 1 is 1.12 bits per heavy atom. The van der Waals surface area contributed by atoms with E-state index in [1.165, 1.54) is 0 Å². The lowest BCUT2D eigenvalue weighted by atomic mass is 10.2. The Balaban J connectivity index is 1.53. The van der Waals surface area contributed by atoms with Gasteiger partial charge in [-0.15, -0.1) is 0 Å². The van der Waals surface area contributed by atoms with Gasteiger partial charge in [0.2, 0.25) is 5.91 Å². The molecule has 0 radical (unpaired) electrons. The molecule has 4 rings (SSSR count). The fraction of sp³-hybridized carbons (Fsp3) is 0.125. The van der Waals surface area contributed by atoms with E-state index in [4.69, 9.17) is 11.6 Å². The molecule has 0 atom stereocenters. The van der Waals surface area contributed by atoms with Crippen LogP contribution < -0.4 is 5.32 Å². The zero-order chi connectivity index (χ0) is 23.7. The lowest BCUT2D eigenvalue weighted by molar-refractivity contribution is -0.127. The number of aromatic nitrogens is 1. The lowest BCUT2D eigenvalue weighted by Crippen LogP contribution is -2.36. The third-order valence-electron chi connectivity index (χ3n) is 5.16. The van der Waals surface area contributed by atoms with E-state index in [-0.39, 0.29) is 11.4 Å². The van der Waals surface area contributed by atoms with Crippen LogP contribution in [0.2, 0.25) is 5.02 Å². The summed E-state index contributed by atoms with van der Waals surface area (Å²) in [6.07, 6.45) is 1.70. The third kappa shape index (κ3) is 4.93. The van der Waals surface area contributed by atoms with Gasteiger partial charge in [0.15, 0.2) is 0 Å². The van der Waals surface area contributed by atoms with Gasteiger partial charge in [0.05, 0.1) is 15.6 Å². The van der Waals surface area contributed by atoms with E-state index >= 15 is 0 Å². The number of aryl methyl sites for hydroxylation is 1. The van der Waals surface area contributed by atoms with Crippen molar-refractivity contribution in [2.75, 3.05) is 11.9 Å². The summed E-state index contributed by atoms with van der Waals surface area (Å²) in [5.74, 6) is -0.993. The fourth-order valence-electron chi connectivity index (χ4n) is 3.59. The van der Waals surface area contributed by atoms with Crippen LogP contribution >= 0.6 is 39.3 Å². The first-order chi connectivity index (χ1) is 15.7. The smallest absolute Gasteiger partial charge is 0.294 e. The normalized spacial score (nSPS) is 14.9. The van der Waals surface area contributed by atoms with Gasteiger partial charge >= 0.3 is 0 Å². The Morgan fingerprint density at radius 3 is 2.52 bits per heavy atom. The number of thioether (sulfide) groups is 1. The average Bonchev–Trinajstić information content (AvgIpc) is 3.20. The van der Waals surface area contributed by atoms with Crippen LogP contribution in [-0.4, -0.2) is 33.1 Å². The number of para-hydroxylation sites is 1. The van der Waals surface area contributed by atoms with E-state index in [9.17, 15) is 14.4 Å². The number of benzene rings is 2. The highest BCUT2D eigenvalue weighted by Gasteiger charge is 2.36. The van der Waals surface area contributed by atoms with Gasteiger partial charge in [-0.2, -0.15) is 0 Å². The van der Waals surface area contributed by atoms with Crippen LogP contribution in [0.5, 0.6) is 0 Å². The molecule has 3 amide bonds. The summed E-state index contributed by atoms with van der Waals surface area (Å²) in [6, 6.07) is 16.7. The molecular weight excluding hydrogens is 526 g/mol. The van der Waals surface area contributed by atoms with Crippen LogP contribution in [0.25, 0.3) is 11.8 Å². The fourth-order valence-corrected chi connectivity index (χ4v) is 4.87. The maximum atomic E-state index is 12.9. The number of nitrogens with zero attached hydrogens (tertiary/aromatic N) is 2. The van der Waals surface area contributed by atoms with Crippen molar-refractivity contribution in [2.24, 2.45) is 0 Å². The Bertz CT molecular complexity index is 1300. The Kier molecular flexibility index (Phi) is 6.78. The molecule has 1 aromatic heterocycles. The number of hydrogen-bond acceptors (Lipinski definition) is 4. The van der Waals surface area contributed by atoms with Crippen LogP contribution in [0.4, 0.5) is 10.5 Å². The molecule has 2 aromatic carbocycles. The first kappa shape index (κ1) is 23.4. The first-order valence-electron chi connectivity index (χ1n) is 9.99. The Labute approximate surface area is 208 Å². The minimum Gasteiger partial charge on any atom is -0.323 e. The lowest BCUT2D eigenvalue weighted by Gasteiger charge is -2.13. The number of imide groups is 1. The summed E-state index contributed by atoms with van der Waals surface area (Å²) in [5, 5.41) is 2.52. The number of anilines is 1. The van der Waals surface area contributed by atoms with Gasteiger partial charge in [-0.3, -0.25) is 19.3 Å². The number of carbonyl (C=O) groups is 3. The predicted molar refractivity (Wildman–Crippen MR) is 136 cm³/mol. The molecule has 1 N–H and O–H groups in total. The number of hydrogen-bond donors (Lipinski definition) is 1. The monoisotopic (exact) mass is 543 g/mol. The highest BCUT2D eigenvalue weighted by molar-refractivity contribution is 9.10. The second-order valence-corrected chi connectivity index (χ2v) is 9.75. The number of amides is 3. The van der Waals surface area contributed by atoms with Crippen molar-refractivity contribution in [1.29, 1.82) is 0 Å². The van der Waals surface area contributed by atoms with Gasteiger partial charge in [0.25, 0.3) is 11.1 Å². The number of carbonyl (C=O) groups excluding carboxylic acids is 3. The molecule has 3 aromatic rings. The van der Waals surface area contributed by atoms with E-state index in [0.29, 0.717) is 10.7 Å². The summed E-state index contributed by atoms with van der Waals surface area (Å²) >= 11 is 10.3. The van der Waals surface area contributed by atoms with Gasteiger partial charge in [-0.25, -0.2) is 0 Å². The minimum atomic E-state index is -0.500. The van der Waals surface area contributed by atoms with E-state index in [0.717, 1.165) is 43.8 Å². The van der Waals surface area contributed by atoms with Crippen molar-refractivity contribution >= 4 is 68.1 Å². The maximum Gasteiger partial charge on any atom is 0.294 e. The summed E-state index contributed by atoms with van der Waals surface area (Å²) in [6.45, 7) is 3.56. The highest BCUT2D eigenvalue weighted by Crippen LogP contribution is 2.34. The molecule has 0 saturated carbocycles. The second-order valence-electron chi connectivity index (χ2n) is 7.43. The number of rotatable bonds is 5. The molecular formula is C24H19BrClN3O3S. The molecule has 168 valence electrons. The zero-order valence-electron chi connectivity index (χ0n) is 17.8. The molecule has 0 spiro atoms. The average molecular weight is 545 g/mol.